The van der Waals surface area contributed by atoms with Crippen LogP contribution in [0.1, 0.15) is 33.6 Å². The molecule has 7 heteroatoms. The molecule has 0 radical (unpaired) electrons. The Kier molecular flexibility index (Phi) is 3.71. The van der Waals surface area contributed by atoms with E-state index in [1.165, 1.54) is 0 Å². The highest BCUT2D eigenvalue weighted by Crippen LogP contribution is 2.48. The second-order valence-corrected chi connectivity index (χ2v) is 5.60. The van der Waals surface area contributed by atoms with E-state index >= 15 is 0 Å². The minimum absolute atomic E-state index is 0.192. The minimum atomic E-state index is -4.45. The van der Waals surface area contributed by atoms with E-state index in [1.54, 1.807) is 0 Å². The first-order valence-electron chi connectivity index (χ1n) is 5.70. The van der Waals surface area contributed by atoms with E-state index in [1.807, 2.05) is 0 Å². The summed E-state index contributed by atoms with van der Waals surface area (Å²) in [5.74, 6) is 0. The van der Waals surface area contributed by atoms with Crippen LogP contribution >= 0.6 is 0 Å². The molecule has 1 rings (SSSR count). The average Bonchev–Trinajstić information content (AvgIpc) is 2.14. The summed E-state index contributed by atoms with van der Waals surface area (Å²) < 4.78 is 76.6. The summed E-state index contributed by atoms with van der Waals surface area (Å²) in [4.78, 5) is 1.08. The van der Waals surface area contributed by atoms with Crippen molar-refractivity contribution in [2.75, 3.05) is 13.1 Å². The third-order valence-corrected chi connectivity index (χ3v) is 4.04. The zero-order chi connectivity index (χ0) is 14.4. The Morgan fingerprint density at radius 3 is 1.56 bits per heavy atom. The maximum absolute atomic E-state index is 12.8. The van der Waals surface area contributed by atoms with E-state index in [0.29, 0.717) is 0 Å². The van der Waals surface area contributed by atoms with Gasteiger partial charge in [0.15, 0.2) is 0 Å². The van der Waals surface area contributed by atoms with Gasteiger partial charge in [0.1, 0.15) is 5.54 Å². The summed E-state index contributed by atoms with van der Waals surface area (Å²) in [6.45, 7) is 2.70. The van der Waals surface area contributed by atoms with Crippen LogP contribution < -0.4 is 0 Å². The van der Waals surface area contributed by atoms with Gasteiger partial charge in [-0.3, -0.25) is 4.90 Å². The van der Waals surface area contributed by atoms with Crippen molar-refractivity contribution in [2.45, 2.75) is 51.5 Å². The normalized spacial score (nSPS) is 23.2. The van der Waals surface area contributed by atoms with Crippen molar-refractivity contribution in [2.24, 2.45) is 5.41 Å². The molecule has 108 valence electrons. The van der Waals surface area contributed by atoms with Gasteiger partial charge in [-0.1, -0.05) is 6.92 Å². The fourth-order valence-electron chi connectivity index (χ4n) is 2.02. The lowest BCUT2D eigenvalue weighted by atomic mass is 9.78. The molecule has 0 bridgehead atoms. The van der Waals surface area contributed by atoms with E-state index in [9.17, 15) is 26.3 Å². The molecule has 1 aliphatic heterocycles. The third-order valence-electron chi connectivity index (χ3n) is 4.04. The summed E-state index contributed by atoms with van der Waals surface area (Å²) in [6.07, 6.45) is -9.40. The van der Waals surface area contributed by atoms with E-state index in [0.717, 1.165) is 25.7 Å². The van der Waals surface area contributed by atoms with Crippen LogP contribution in [0.3, 0.4) is 0 Å². The van der Waals surface area contributed by atoms with Crippen molar-refractivity contribution in [1.29, 1.82) is 0 Å². The first-order chi connectivity index (χ1) is 7.81. The lowest BCUT2D eigenvalue weighted by molar-refractivity contribution is -0.254. The summed E-state index contributed by atoms with van der Waals surface area (Å²) in [7, 11) is 0. The molecule has 1 heterocycles. The molecule has 1 aliphatic rings. The molecule has 0 atom stereocenters. The van der Waals surface area contributed by atoms with Crippen LogP contribution in [0.15, 0.2) is 0 Å². The van der Waals surface area contributed by atoms with Gasteiger partial charge in [0.2, 0.25) is 0 Å². The number of hydrogen-bond acceptors (Lipinski definition) is 1. The lowest BCUT2D eigenvalue weighted by Gasteiger charge is -2.47. The molecule has 18 heavy (non-hydrogen) atoms. The van der Waals surface area contributed by atoms with Gasteiger partial charge in [-0.15, -0.1) is 0 Å². The second-order valence-electron chi connectivity index (χ2n) is 5.60. The van der Waals surface area contributed by atoms with Crippen molar-refractivity contribution < 1.29 is 26.3 Å². The molecule has 0 spiro atoms. The Hall–Kier alpha value is -0.460. The van der Waals surface area contributed by atoms with Crippen LogP contribution in [-0.4, -0.2) is 35.9 Å². The van der Waals surface area contributed by atoms with Gasteiger partial charge in [0.05, 0.1) is 5.41 Å². The Balaban J connectivity index is 2.77. The predicted octanol–water partition coefficient (Wildman–Crippen LogP) is 3.99. The average molecular weight is 277 g/mol. The minimum Gasteiger partial charge on any atom is -0.290 e. The summed E-state index contributed by atoms with van der Waals surface area (Å²) in [5, 5.41) is 0. The SMILES string of the molecule is CC1(C(F)(F)F)CCN(C(C)(C)C(F)(F)F)CC1. The first kappa shape index (κ1) is 15.6. The molecule has 0 saturated carbocycles. The number of likely N-dealkylation sites (tertiary alicyclic amines) is 1. The largest absolute Gasteiger partial charge is 0.406 e. The number of rotatable bonds is 1. The molecule has 0 aliphatic carbocycles. The van der Waals surface area contributed by atoms with Crippen LogP contribution in [-0.2, 0) is 0 Å². The van der Waals surface area contributed by atoms with Gasteiger partial charge in [0, 0.05) is 0 Å². The van der Waals surface area contributed by atoms with Crippen LogP contribution in [0.5, 0.6) is 0 Å². The molecule has 1 nitrogen and oxygen atoms in total. The number of alkyl halides is 6. The van der Waals surface area contributed by atoms with Gasteiger partial charge < -0.3 is 0 Å². The molecular weight excluding hydrogens is 260 g/mol. The third kappa shape index (κ3) is 2.60. The van der Waals surface area contributed by atoms with Crippen LogP contribution in [0, 0.1) is 5.41 Å². The highest BCUT2D eigenvalue weighted by molar-refractivity contribution is 4.95. The molecule has 0 aromatic carbocycles. The maximum atomic E-state index is 12.8. The lowest BCUT2D eigenvalue weighted by Crippen LogP contribution is -2.59. The van der Waals surface area contributed by atoms with Crippen LogP contribution in [0.25, 0.3) is 0 Å². The van der Waals surface area contributed by atoms with E-state index in [4.69, 9.17) is 0 Å². The Morgan fingerprint density at radius 2 is 1.28 bits per heavy atom. The van der Waals surface area contributed by atoms with Crippen molar-refractivity contribution in [3.63, 3.8) is 0 Å². The highest BCUT2D eigenvalue weighted by Gasteiger charge is 2.57. The van der Waals surface area contributed by atoms with Gasteiger partial charge in [-0.2, -0.15) is 26.3 Å². The standard InChI is InChI=1S/C11H17F6N/c1-8(2,10(12,13)14)18-6-4-9(3,5-7-18)11(15,16)17/h4-7H2,1-3H3. The summed E-state index contributed by atoms with van der Waals surface area (Å²) >= 11 is 0. The molecule has 0 aromatic heterocycles. The number of nitrogens with zero attached hydrogens (tertiary/aromatic N) is 1. The van der Waals surface area contributed by atoms with Crippen molar-refractivity contribution in [3.05, 3.63) is 0 Å². The van der Waals surface area contributed by atoms with Gasteiger partial charge in [-0.05, 0) is 39.8 Å². The van der Waals surface area contributed by atoms with E-state index in [-0.39, 0.29) is 25.9 Å². The molecule has 0 N–H and O–H groups in total. The predicted molar refractivity (Wildman–Crippen MR) is 55.1 cm³/mol. The first-order valence-corrected chi connectivity index (χ1v) is 5.70. The fraction of sp³-hybridized carbons (Fsp3) is 1.00. The highest BCUT2D eigenvalue weighted by atomic mass is 19.4. The monoisotopic (exact) mass is 277 g/mol. The fourth-order valence-corrected chi connectivity index (χ4v) is 2.02. The maximum Gasteiger partial charge on any atom is 0.406 e. The molecule has 1 saturated heterocycles. The van der Waals surface area contributed by atoms with Gasteiger partial charge in [-0.25, -0.2) is 0 Å². The smallest absolute Gasteiger partial charge is 0.290 e. The van der Waals surface area contributed by atoms with Crippen LogP contribution in [0.4, 0.5) is 26.3 Å². The second kappa shape index (κ2) is 4.28. The number of halogens is 6. The Bertz CT molecular complexity index is 296. The van der Waals surface area contributed by atoms with Crippen LogP contribution in [0.2, 0.25) is 0 Å². The number of hydrogen-bond donors (Lipinski definition) is 0. The van der Waals surface area contributed by atoms with Crippen molar-refractivity contribution in [3.8, 4) is 0 Å². The zero-order valence-electron chi connectivity index (χ0n) is 10.5. The molecular formula is C11H17F6N. The van der Waals surface area contributed by atoms with E-state index in [2.05, 4.69) is 0 Å². The summed E-state index contributed by atoms with van der Waals surface area (Å²) in [6, 6.07) is 0. The molecule has 0 amide bonds. The zero-order valence-corrected chi connectivity index (χ0v) is 10.5. The number of piperidine rings is 1. The quantitative estimate of drug-likeness (QED) is 0.655. The van der Waals surface area contributed by atoms with E-state index < -0.39 is 23.3 Å². The van der Waals surface area contributed by atoms with Gasteiger partial charge >= 0.3 is 12.4 Å². The molecule has 0 aromatic rings. The summed E-state index contributed by atoms with van der Waals surface area (Å²) in [5.41, 5.74) is -3.95. The Morgan fingerprint density at radius 1 is 0.889 bits per heavy atom. The molecule has 1 fully saturated rings. The topological polar surface area (TPSA) is 3.24 Å². The Labute approximate surface area is 102 Å². The van der Waals surface area contributed by atoms with Crippen molar-refractivity contribution >= 4 is 0 Å². The van der Waals surface area contributed by atoms with Gasteiger partial charge in [0.25, 0.3) is 0 Å². The molecule has 0 unspecified atom stereocenters. The van der Waals surface area contributed by atoms with Crippen molar-refractivity contribution in [1.82, 2.24) is 4.90 Å².